The van der Waals surface area contributed by atoms with E-state index < -0.39 is 6.10 Å². The molecular weight excluding hydrogens is 230 g/mol. The third kappa shape index (κ3) is 2.68. The summed E-state index contributed by atoms with van der Waals surface area (Å²) in [4.78, 5) is 18.0. The van der Waals surface area contributed by atoms with E-state index in [1.165, 1.54) is 0 Å². The first kappa shape index (κ1) is 13.0. The molecule has 1 amide bonds. The van der Waals surface area contributed by atoms with Crippen molar-refractivity contribution in [3.8, 4) is 0 Å². The van der Waals surface area contributed by atoms with Gasteiger partial charge in [0.25, 0.3) is 5.91 Å². The number of nitrogens with zero attached hydrogens (tertiary/aromatic N) is 2. The Hall–Kier alpha value is -1.46. The fraction of sp³-hybridized carbons (Fsp3) is 0.538. The van der Waals surface area contributed by atoms with Crippen LogP contribution in [0.4, 0.5) is 0 Å². The van der Waals surface area contributed by atoms with Crippen molar-refractivity contribution in [2.75, 3.05) is 13.1 Å². The van der Waals surface area contributed by atoms with Gasteiger partial charge in [-0.1, -0.05) is 13.0 Å². The van der Waals surface area contributed by atoms with Crippen molar-refractivity contribution >= 4 is 5.91 Å². The molecule has 0 aliphatic carbocycles. The van der Waals surface area contributed by atoms with Crippen molar-refractivity contribution in [3.63, 3.8) is 0 Å². The Kier molecular flexibility index (Phi) is 3.93. The number of carbonyl (C=O) groups is 1. The summed E-state index contributed by atoms with van der Waals surface area (Å²) in [6.45, 7) is 3.49. The molecule has 18 heavy (non-hydrogen) atoms. The molecule has 1 aromatic rings. The smallest absolute Gasteiger partial charge is 0.272 e. The Morgan fingerprint density at radius 3 is 2.94 bits per heavy atom. The lowest BCUT2D eigenvalue weighted by molar-refractivity contribution is 0.0245. The number of carbonyl (C=O) groups excluding carboxylic acids is 1. The van der Waals surface area contributed by atoms with Crippen LogP contribution >= 0.6 is 0 Å². The van der Waals surface area contributed by atoms with Crippen LogP contribution in [-0.4, -0.2) is 40.1 Å². The minimum atomic E-state index is -0.439. The van der Waals surface area contributed by atoms with Gasteiger partial charge in [-0.3, -0.25) is 9.78 Å². The highest BCUT2D eigenvalue weighted by atomic mass is 16.3. The van der Waals surface area contributed by atoms with Gasteiger partial charge in [-0.2, -0.15) is 0 Å². The molecule has 1 aromatic heterocycles. The van der Waals surface area contributed by atoms with Crippen molar-refractivity contribution in [2.45, 2.75) is 26.0 Å². The molecule has 1 fully saturated rings. The normalized spacial score (nSPS) is 24.1. The lowest BCUT2D eigenvalue weighted by Crippen LogP contribution is -2.46. The summed E-state index contributed by atoms with van der Waals surface area (Å²) in [5, 5.41) is 9.80. The van der Waals surface area contributed by atoms with Crippen LogP contribution in [0.25, 0.3) is 0 Å². The van der Waals surface area contributed by atoms with Crippen LogP contribution in [0.15, 0.2) is 18.3 Å². The standard InChI is InChI=1S/C13H19N3O2/c1-9-4-5-16(8-12(9)17)13(18)11-3-2-10(6-14)7-15-11/h2-3,7,9,12,17H,4-6,8,14H2,1H3. The number of β-amino-alcohol motifs (C(OH)–C–C–N with tert-alkyl or cyclic N) is 1. The first-order chi connectivity index (χ1) is 8.61. The molecule has 2 heterocycles. The minimum Gasteiger partial charge on any atom is -0.391 e. The van der Waals surface area contributed by atoms with E-state index in [0.717, 1.165) is 12.0 Å². The molecule has 5 heteroatoms. The Bertz CT molecular complexity index is 419. The van der Waals surface area contributed by atoms with Gasteiger partial charge in [-0.05, 0) is 24.0 Å². The molecular formula is C13H19N3O2. The Morgan fingerprint density at radius 1 is 1.61 bits per heavy atom. The highest BCUT2D eigenvalue weighted by Crippen LogP contribution is 2.18. The maximum absolute atomic E-state index is 12.2. The lowest BCUT2D eigenvalue weighted by atomic mass is 9.96. The molecule has 0 aromatic carbocycles. The maximum Gasteiger partial charge on any atom is 0.272 e. The van der Waals surface area contributed by atoms with E-state index in [2.05, 4.69) is 4.98 Å². The van der Waals surface area contributed by atoms with Gasteiger partial charge in [-0.25, -0.2) is 0 Å². The quantitative estimate of drug-likeness (QED) is 0.794. The van der Waals surface area contributed by atoms with Gasteiger partial charge in [0.1, 0.15) is 5.69 Å². The van der Waals surface area contributed by atoms with Crippen molar-refractivity contribution in [1.82, 2.24) is 9.88 Å². The third-order valence-electron chi connectivity index (χ3n) is 3.49. The summed E-state index contributed by atoms with van der Waals surface area (Å²) in [5.74, 6) is 0.131. The summed E-state index contributed by atoms with van der Waals surface area (Å²) < 4.78 is 0. The van der Waals surface area contributed by atoms with E-state index in [1.807, 2.05) is 13.0 Å². The molecule has 98 valence electrons. The first-order valence-corrected chi connectivity index (χ1v) is 6.24. The molecule has 1 saturated heterocycles. The summed E-state index contributed by atoms with van der Waals surface area (Å²) in [6, 6.07) is 3.50. The molecule has 5 nitrogen and oxygen atoms in total. The SMILES string of the molecule is CC1CCN(C(=O)c2ccc(CN)cn2)CC1O. The molecule has 0 spiro atoms. The van der Waals surface area contributed by atoms with E-state index >= 15 is 0 Å². The van der Waals surface area contributed by atoms with Gasteiger partial charge in [-0.15, -0.1) is 0 Å². The second-order valence-corrected chi connectivity index (χ2v) is 4.84. The largest absolute Gasteiger partial charge is 0.391 e. The van der Waals surface area contributed by atoms with Crippen molar-refractivity contribution in [1.29, 1.82) is 0 Å². The van der Waals surface area contributed by atoms with E-state index in [1.54, 1.807) is 17.2 Å². The van der Waals surface area contributed by atoms with Crippen LogP contribution in [-0.2, 0) is 6.54 Å². The first-order valence-electron chi connectivity index (χ1n) is 6.24. The fourth-order valence-corrected chi connectivity index (χ4v) is 2.07. The highest BCUT2D eigenvalue weighted by Gasteiger charge is 2.28. The van der Waals surface area contributed by atoms with Gasteiger partial charge in [0.2, 0.25) is 0 Å². The number of pyridine rings is 1. The van der Waals surface area contributed by atoms with Crippen LogP contribution in [0.1, 0.15) is 29.4 Å². The van der Waals surface area contributed by atoms with Gasteiger partial charge >= 0.3 is 0 Å². The van der Waals surface area contributed by atoms with E-state index in [9.17, 15) is 9.90 Å². The predicted molar refractivity (Wildman–Crippen MR) is 67.8 cm³/mol. The average Bonchev–Trinajstić information content (AvgIpc) is 2.41. The zero-order chi connectivity index (χ0) is 13.1. The van der Waals surface area contributed by atoms with Crippen molar-refractivity contribution < 1.29 is 9.90 Å². The number of piperidine rings is 1. The maximum atomic E-state index is 12.2. The second kappa shape index (κ2) is 5.46. The number of nitrogens with two attached hydrogens (primary N) is 1. The van der Waals surface area contributed by atoms with E-state index in [0.29, 0.717) is 25.3 Å². The van der Waals surface area contributed by atoms with Crippen LogP contribution in [0, 0.1) is 5.92 Å². The predicted octanol–water partition coefficient (Wildman–Crippen LogP) is 0.383. The van der Waals surface area contributed by atoms with E-state index in [4.69, 9.17) is 5.73 Å². The van der Waals surface area contributed by atoms with Gasteiger partial charge < -0.3 is 15.7 Å². The summed E-state index contributed by atoms with van der Waals surface area (Å²) in [7, 11) is 0. The molecule has 0 saturated carbocycles. The van der Waals surface area contributed by atoms with Crippen molar-refractivity contribution in [2.24, 2.45) is 11.7 Å². The number of amides is 1. The van der Waals surface area contributed by atoms with Gasteiger partial charge in [0, 0.05) is 25.8 Å². The third-order valence-corrected chi connectivity index (χ3v) is 3.49. The average molecular weight is 249 g/mol. The lowest BCUT2D eigenvalue weighted by Gasteiger charge is -2.34. The number of aliphatic hydroxyl groups is 1. The molecule has 0 bridgehead atoms. The Morgan fingerprint density at radius 2 is 2.39 bits per heavy atom. The van der Waals surface area contributed by atoms with Gasteiger partial charge in [0.15, 0.2) is 0 Å². The molecule has 2 atom stereocenters. The number of aromatic nitrogens is 1. The number of rotatable bonds is 2. The monoisotopic (exact) mass is 249 g/mol. The molecule has 2 rings (SSSR count). The summed E-state index contributed by atoms with van der Waals surface area (Å²) in [5.41, 5.74) is 6.80. The molecule has 3 N–H and O–H groups in total. The van der Waals surface area contributed by atoms with E-state index in [-0.39, 0.29) is 11.8 Å². The van der Waals surface area contributed by atoms with Crippen molar-refractivity contribution in [3.05, 3.63) is 29.6 Å². The second-order valence-electron chi connectivity index (χ2n) is 4.84. The zero-order valence-corrected chi connectivity index (χ0v) is 10.5. The van der Waals surface area contributed by atoms with Crippen LogP contribution < -0.4 is 5.73 Å². The van der Waals surface area contributed by atoms with Gasteiger partial charge in [0.05, 0.1) is 6.10 Å². The highest BCUT2D eigenvalue weighted by molar-refractivity contribution is 5.92. The molecule has 0 radical (unpaired) electrons. The Balaban J connectivity index is 2.06. The van der Waals surface area contributed by atoms with Crippen LogP contribution in [0.5, 0.6) is 0 Å². The van der Waals surface area contributed by atoms with Crippen LogP contribution in [0.3, 0.4) is 0 Å². The molecule has 2 unspecified atom stereocenters. The molecule has 1 aliphatic heterocycles. The summed E-state index contributed by atoms with van der Waals surface area (Å²) in [6.07, 6.45) is 2.01. The number of hydrogen-bond acceptors (Lipinski definition) is 4. The Labute approximate surface area is 107 Å². The topological polar surface area (TPSA) is 79.5 Å². The number of hydrogen-bond donors (Lipinski definition) is 2. The summed E-state index contributed by atoms with van der Waals surface area (Å²) >= 11 is 0. The number of aliphatic hydroxyl groups excluding tert-OH is 1. The number of likely N-dealkylation sites (tertiary alicyclic amines) is 1. The zero-order valence-electron chi connectivity index (χ0n) is 10.5. The minimum absolute atomic E-state index is 0.121. The fourth-order valence-electron chi connectivity index (χ4n) is 2.07. The molecule has 1 aliphatic rings. The van der Waals surface area contributed by atoms with Crippen LogP contribution in [0.2, 0.25) is 0 Å².